The molecule has 0 saturated heterocycles. The molecule has 0 spiro atoms. The number of carbonyl (C=O) groups excluding carboxylic acids is 1. The first-order valence-electron chi connectivity index (χ1n) is 5.15. The SMILES string of the molecule is Cc1ccc(CCNC(=O)CC(C)N)o1. The molecule has 1 atom stereocenters. The summed E-state index contributed by atoms with van der Waals surface area (Å²) in [6, 6.07) is 3.75. The highest BCUT2D eigenvalue weighted by molar-refractivity contribution is 5.76. The first-order valence-corrected chi connectivity index (χ1v) is 5.15. The average molecular weight is 210 g/mol. The molecule has 0 fully saturated rings. The molecule has 3 N–H and O–H groups in total. The Bertz CT molecular complexity index is 318. The van der Waals surface area contributed by atoms with Gasteiger partial charge in [0.15, 0.2) is 0 Å². The third-order valence-corrected chi connectivity index (χ3v) is 2.00. The fraction of sp³-hybridized carbons (Fsp3) is 0.545. The van der Waals surface area contributed by atoms with Crippen LogP contribution in [0, 0.1) is 6.92 Å². The summed E-state index contributed by atoms with van der Waals surface area (Å²) in [7, 11) is 0. The standard InChI is InChI=1S/C11H18N2O2/c1-8(12)7-11(14)13-6-5-10-4-3-9(2)15-10/h3-4,8H,5-7,12H2,1-2H3,(H,13,14). The van der Waals surface area contributed by atoms with Crippen LogP contribution >= 0.6 is 0 Å². The van der Waals surface area contributed by atoms with Crippen molar-refractivity contribution in [3.63, 3.8) is 0 Å². The normalized spacial score (nSPS) is 12.5. The van der Waals surface area contributed by atoms with E-state index in [4.69, 9.17) is 10.2 Å². The van der Waals surface area contributed by atoms with E-state index < -0.39 is 0 Å². The molecule has 0 aliphatic heterocycles. The number of rotatable bonds is 5. The number of nitrogens with one attached hydrogen (secondary N) is 1. The van der Waals surface area contributed by atoms with Gasteiger partial charge in [0, 0.05) is 25.4 Å². The topological polar surface area (TPSA) is 68.3 Å². The zero-order valence-electron chi connectivity index (χ0n) is 9.25. The molecule has 1 heterocycles. The van der Waals surface area contributed by atoms with Gasteiger partial charge >= 0.3 is 0 Å². The lowest BCUT2D eigenvalue weighted by molar-refractivity contribution is -0.121. The Hall–Kier alpha value is -1.29. The largest absolute Gasteiger partial charge is 0.466 e. The zero-order valence-corrected chi connectivity index (χ0v) is 9.25. The minimum absolute atomic E-state index is 0.00622. The van der Waals surface area contributed by atoms with Crippen molar-refractivity contribution >= 4 is 5.91 Å². The van der Waals surface area contributed by atoms with Crippen LogP contribution in [0.2, 0.25) is 0 Å². The Morgan fingerprint density at radius 1 is 1.60 bits per heavy atom. The predicted molar refractivity (Wildman–Crippen MR) is 58.4 cm³/mol. The third kappa shape index (κ3) is 4.65. The highest BCUT2D eigenvalue weighted by Crippen LogP contribution is 2.05. The molecule has 1 aromatic heterocycles. The van der Waals surface area contributed by atoms with Gasteiger partial charge < -0.3 is 15.5 Å². The van der Waals surface area contributed by atoms with E-state index in [1.165, 1.54) is 0 Å². The summed E-state index contributed by atoms with van der Waals surface area (Å²) in [6.07, 6.45) is 1.09. The number of hydrogen-bond acceptors (Lipinski definition) is 3. The van der Waals surface area contributed by atoms with E-state index in [0.717, 1.165) is 17.9 Å². The van der Waals surface area contributed by atoms with Crippen molar-refractivity contribution in [1.29, 1.82) is 0 Å². The minimum Gasteiger partial charge on any atom is -0.466 e. The van der Waals surface area contributed by atoms with Gasteiger partial charge in [-0.05, 0) is 26.0 Å². The molecule has 0 aliphatic rings. The summed E-state index contributed by atoms with van der Waals surface area (Å²) >= 11 is 0. The lowest BCUT2D eigenvalue weighted by Crippen LogP contribution is -2.31. The van der Waals surface area contributed by atoms with Crippen LogP contribution < -0.4 is 11.1 Å². The second kappa shape index (κ2) is 5.56. The molecular weight excluding hydrogens is 192 g/mol. The minimum atomic E-state index is -0.0872. The number of nitrogens with two attached hydrogens (primary N) is 1. The number of carbonyl (C=O) groups is 1. The number of furan rings is 1. The molecule has 0 aromatic carbocycles. The van der Waals surface area contributed by atoms with Crippen molar-refractivity contribution in [1.82, 2.24) is 5.32 Å². The first kappa shape index (κ1) is 11.8. The van der Waals surface area contributed by atoms with Gasteiger partial charge in [-0.15, -0.1) is 0 Å². The summed E-state index contributed by atoms with van der Waals surface area (Å²) in [5, 5.41) is 2.79. The first-order chi connectivity index (χ1) is 7.08. The molecule has 1 unspecified atom stereocenters. The van der Waals surface area contributed by atoms with Crippen molar-refractivity contribution in [3.05, 3.63) is 23.7 Å². The van der Waals surface area contributed by atoms with Crippen LogP contribution in [0.15, 0.2) is 16.5 Å². The van der Waals surface area contributed by atoms with Gasteiger partial charge in [-0.25, -0.2) is 0 Å². The molecule has 84 valence electrons. The highest BCUT2D eigenvalue weighted by Gasteiger charge is 2.04. The quantitative estimate of drug-likeness (QED) is 0.761. The number of aryl methyl sites for hydroxylation is 1. The zero-order chi connectivity index (χ0) is 11.3. The maximum absolute atomic E-state index is 11.2. The maximum Gasteiger partial charge on any atom is 0.221 e. The van der Waals surface area contributed by atoms with E-state index >= 15 is 0 Å². The molecule has 15 heavy (non-hydrogen) atoms. The Morgan fingerprint density at radius 2 is 2.33 bits per heavy atom. The van der Waals surface area contributed by atoms with Gasteiger partial charge in [0.05, 0.1) is 0 Å². The lowest BCUT2D eigenvalue weighted by atomic mass is 10.2. The summed E-state index contributed by atoms with van der Waals surface area (Å²) in [6.45, 7) is 4.31. The van der Waals surface area contributed by atoms with Crippen molar-refractivity contribution in [2.45, 2.75) is 32.7 Å². The molecule has 4 nitrogen and oxygen atoms in total. The maximum atomic E-state index is 11.2. The van der Waals surface area contributed by atoms with E-state index in [1.807, 2.05) is 26.0 Å². The van der Waals surface area contributed by atoms with Gasteiger partial charge in [0.25, 0.3) is 0 Å². The molecule has 0 aliphatic carbocycles. The van der Waals surface area contributed by atoms with Gasteiger partial charge in [-0.3, -0.25) is 4.79 Å². The van der Waals surface area contributed by atoms with E-state index in [9.17, 15) is 4.79 Å². The van der Waals surface area contributed by atoms with Crippen molar-refractivity contribution in [3.8, 4) is 0 Å². The Kier molecular flexibility index (Phi) is 4.37. The van der Waals surface area contributed by atoms with Crippen LogP contribution in [0.1, 0.15) is 24.9 Å². The monoisotopic (exact) mass is 210 g/mol. The number of hydrogen-bond donors (Lipinski definition) is 2. The van der Waals surface area contributed by atoms with Gasteiger partial charge in [-0.2, -0.15) is 0 Å². The summed E-state index contributed by atoms with van der Waals surface area (Å²) in [4.78, 5) is 11.2. The summed E-state index contributed by atoms with van der Waals surface area (Å²) in [5.74, 6) is 1.79. The molecule has 0 saturated carbocycles. The average Bonchev–Trinajstić information content (AvgIpc) is 2.50. The second-order valence-corrected chi connectivity index (χ2v) is 3.79. The van der Waals surface area contributed by atoms with Gasteiger partial charge in [-0.1, -0.05) is 0 Å². The van der Waals surface area contributed by atoms with Crippen LogP contribution in [0.4, 0.5) is 0 Å². The van der Waals surface area contributed by atoms with Crippen molar-refractivity contribution in [2.24, 2.45) is 5.73 Å². The fourth-order valence-electron chi connectivity index (χ4n) is 1.31. The van der Waals surface area contributed by atoms with Crippen LogP contribution in [0.5, 0.6) is 0 Å². The van der Waals surface area contributed by atoms with E-state index in [0.29, 0.717) is 13.0 Å². The summed E-state index contributed by atoms with van der Waals surface area (Å²) < 4.78 is 5.37. The second-order valence-electron chi connectivity index (χ2n) is 3.79. The molecular formula is C11H18N2O2. The van der Waals surface area contributed by atoms with Gasteiger partial charge in [0.1, 0.15) is 11.5 Å². The van der Waals surface area contributed by atoms with E-state index in [2.05, 4.69) is 5.32 Å². The van der Waals surface area contributed by atoms with E-state index in [-0.39, 0.29) is 11.9 Å². The molecule has 1 rings (SSSR count). The Balaban J connectivity index is 2.19. The lowest BCUT2D eigenvalue weighted by Gasteiger charge is -2.05. The molecule has 4 heteroatoms. The van der Waals surface area contributed by atoms with Crippen LogP contribution in [-0.2, 0) is 11.2 Å². The van der Waals surface area contributed by atoms with Crippen LogP contribution in [0.25, 0.3) is 0 Å². The fourth-order valence-corrected chi connectivity index (χ4v) is 1.31. The summed E-state index contributed by atoms with van der Waals surface area (Å²) in [5.41, 5.74) is 5.50. The van der Waals surface area contributed by atoms with Crippen LogP contribution in [-0.4, -0.2) is 18.5 Å². The predicted octanol–water partition coefficient (Wildman–Crippen LogP) is 0.984. The highest BCUT2D eigenvalue weighted by atomic mass is 16.3. The van der Waals surface area contributed by atoms with Gasteiger partial charge in [0.2, 0.25) is 5.91 Å². The Labute approximate surface area is 89.8 Å². The molecule has 0 bridgehead atoms. The van der Waals surface area contributed by atoms with Crippen molar-refractivity contribution in [2.75, 3.05) is 6.54 Å². The molecule has 0 radical (unpaired) electrons. The Morgan fingerprint density at radius 3 is 2.87 bits per heavy atom. The smallest absolute Gasteiger partial charge is 0.221 e. The molecule has 1 aromatic rings. The van der Waals surface area contributed by atoms with Crippen molar-refractivity contribution < 1.29 is 9.21 Å². The van der Waals surface area contributed by atoms with E-state index in [1.54, 1.807) is 0 Å². The van der Waals surface area contributed by atoms with Crippen LogP contribution in [0.3, 0.4) is 0 Å². The number of amides is 1. The molecule has 1 amide bonds. The third-order valence-electron chi connectivity index (χ3n) is 2.00.